The van der Waals surface area contributed by atoms with E-state index in [0.717, 1.165) is 17.3 Å². The van der Waals surface area contributed by atoms with E-state index in [-0.39, 0.29) is 23.4 Å². The number of hydrogen-bond acceptors (Lipinski definition) is 5. The van der Waals surface area contributed by atoms with Gasteiger partial charge >= 0.3 is 0 Å². The normalized spacial score (nSPS) is 21.9. The third-order valence-electron chi connectivity index (χ3n) is 3.45. The van der Waals surface area contributed by atoms with Gasteiger partial charge < -0.3 is 0 Å². The molecule has 2 unspecified atom stereocenters. The quantitative estimate of drug-likeness (QED) is 0.685. The van der Waals surface area contributed by atoms with Gasteiger partial charge in [0.1, 0.15) is 5.78 Å². The van der Waals surface area contributed by atoms with Crippen LogP contribution in [0.5, 0.6) is 0 Å². The molecule has 1 heterocycles. The maximum absolute atomic E-state index is 12.0. The zero-order valence-corrected chi connectivity index (χ0v) is 14.5. The number of Topliss-reactive ketones (excluding diaryl/α,β-unsaturated/α-hetero) is 1. The van der Waals surface area contributed by atoms with Crippen molar-refractivity contribution in [2.75, 3.05) is 23.0 Å². The zero-order valence-electron chi connectivity index (χ0n) is 12.1. The molecule has 20 heavy (non-hydrogen) atoms. The Morgan fingerprint density at radius 2 is 2.05 bits per heavy atom. The summed E-state index contributed by atoms with van der Waals surface area (Å²) < 4.78 is 30.4. The first-order valence-corrected chi connectivity index (χ1v) is 10.8. The molecule has 1 N–H and O–H groups in total. The highest BCUT2D eigenvalue weighted by molar-refractivity contribution is 8.06. The van der Waals surface area contributed by atoms with Crippen molar-refractivity contribution in [3.8, 4) is 0 Å². The maximum Gasteiger partial charge on any atom is 0.264 e. The van der Waals surface area contributed by atoms with Crippen LogP contribution in [0.1, 0.15) is 33.1 Å². The molecule has 0 bridgehead atoms. The number of thioether (sulfide) groups is 2. The summed E-state index contributed by atoms with van der Waals surface area (Å²) in [6, 6.07) is 0. The molecule has 1 aliphatic rings. The molecule has 0 saturated carbocycles. The van der Waals surface area contributed by atoms with E-state index in [1.807, 2.05) is 37.4 Å². The summed E-state index contributed by atoms with van der Waals surface area (Å²) in [6.07, 6.45) is 1.65. The smallest absolute Gasteiger partial charge is 0.264 e. The molecule has 0 amide bonds. The highest BCUT2D eigenvalue weighted by Gasteiger charge is 2.27. The second-order valence-corrected chi connectivity index (χ2v) is 9.57. The van der Waals surface area contributed by atoms with Crippen LogP contribution in [0, 0.1) is 11.8 Å². The van der Waals surface area contributed by atoms with Crippen molar-refractivity contribution in [2.45, 2.75) is 38.4 Å². The van der Waals surface area contributed by atoms with Crippen LogP contribution < -0.4 is 0 Å². The van der Waals surface area contributed by atoms with Crippen molar-refractivity contribution >= 4 is 39.4 Å². The van der Waals surface area contributed by atoms with Crippen molar-refractivity contribution in [1.29, 1.82) is 0 Å². The Balaban J connectivity index is 2.56. The molecule has 2 atom stereocenters. The largest absolute Gasteiger partial charge is 0.299 e. The Hall–Kier alpha value is 0.280. The Morgan fingerprint density at radius 3 is 2.55 bits per heavy atom. The standard InChI is InChI=1S/C13H24O4S3/c1-10(2)12(14)8-11(4-3-7-20(15,16)17)13-9-18-5-6-19-13/h10-11,13H,3-9H2,1-2H3,(H,15,16,17). The predicted octanol–water partition coefficient (Wildman–Crippen LogP) is 2.73. The Bertz CT molecular complexity index is 400. The van der Waals surface area contributed by atoms with Gasteiger partial charge in [-0.05, 0) is 18.8 Å². The van der Waals surface area contributed by atoms with E-state index >= 15 is 0 Å². The minimum Gasteiger partial charge on any atom is -0.299 e. The number of hydrogen-bond donors (Lipinski definition) is 1. The molecule has 0 spiro atoms. The third kappa shape index (κ3) is 7.33. The third-order valence-corrected chi connectivity index (χ3v) is 7.23. The summed E-state index contributed by atoms with van der Waals surface area (Å²) in [5.74, 6) is 3.58. The zero-order chi connectivity index (χ0) is 15.2. The van der Waals surface area contributed by atoms with Crippen LogP contribution in [0.15, 0.2) is 0 Å². The van der Waals surface area contributed by atoms with Crippen LogP contribution in [0.4, 0.5) is 0 Å². The number of carbonyl (C=O) groups is 1. The van der Waals surface area contributed by atoms with E-state index in [1.165, 1.54) is 0 Å². The molecule has 7 heteroatoms. The second-order valence-electron chi connectivity index (χ2n) is 5.50. The summed E-state index contributed by atoms with van der Waals surface area (Å²) in [5.41, 5.74) is 0. The van der Waals surface area contributed by atoms with Crippen LogP contribution >= 0.6 is 23.5 Å². The van der Waals surface area contributed by atoms with E-state index in [0.29, 0.717) is 24.5 Å². The molecule has 0 aromatic rings. The lowest BCUT2D eigenvalue weighted by Crippen LogP contribution is -2.28. The Labute approximate surface area is 130 Å². The summed E-state index contributed by atoms with van der Waals surface area (Å²) in [7, 11) is -3.89. The van der Waals surface area contributed by atoms with Crippen LogP contribution in [-0.2, 0) is 14.9 Å². The molecule has 0 aromatic heterocycles. The topological polar surface area (TPSA) is 71.4 Å². The first-order valence-electron chi connectivity index (χ1n) is 6.97. The van der Waals surface area contributed by atoms with E-state index in [9.17, 15) is 13.2 Å². The number of rotatable bonds is 8. The van der Waals surface area contributed by atoms with Gasteiger partial charge in [0.05, 0.1) is 5.75 Å². The van der Waals surface area contributed by atoms with E-state index in [4.69, 9.17) is 4.55 Å². The molecule has 1 saturated heterocycles. The molecule has 0 aliphatic carbocycles. The molecule has 0 aromatic carbocycles. The van der Waals surface area contributed by atoms with E-state index in [2.05, 4.69) is 0 Å². The molecule has 0 radical (unpaired) electrons. The molecule has 4 nitrogen and oxygen atoms in total. The predicted molar refractivity (Wildman–Crippen MR) is 87.2 cm³/mol. The van der Waals surface area contributed by atoms with Crippen LogP contribution in [0.3, 0.4) is 0 Å². The highest BCUT2D eigenvalue weighted by atomic mass is 32.2. The van der Waals surface area contributed by atoms with Crippen molar-refractivity contribution < 1.29 is 17.8 Å². The molecule has 1 fully saturated rings. The van der Waals surface area contributed by atoms with Gasteiger partial charge in [-0.3, -0.25) is 9.35 Å². The SMILES string of the molecule is CC(C)C(=O)CC(CCCS(=O)(=O)O)C1CSCCS1. The number of ketones is 1. The van der Waals surface area contributed by atoms with Crippen molar-refractivity contribution in [3.63, 3.8) is 0 Å². The van der Waals surface area contributed by atoms with Crippen LogP contribution in [0.25, 0.3) is 0 Å². The first-order chi connectivity index (χ1) is 9.29. The van der Waals surface area contributed by atoms with Gasteiger partial charge in [-0.15, -0.1) is 0 Å². The maximum atomic E-state index is 12.0. The average molecular weight is 341 g/mol. The fourth-order valence-corrected chi connectivity index (χ4v) is 5.76. The summed E-state index contributed by atoms with van der Waals surface area (Å²) in [5, 5.41) is 0.429. The molecule has 118 valence electrons. The van der Waals surface area contributed by atoms with Gasteiger partial charge in [-0.1, -0.05) is 13.8 Å². The minimum atomic E-state index is -3.89. The van der Waals surface area contributed by atoms with E-state index in [1.54, 1.807) is 0 Å². The van der Waals surface area contributed by atoms with Gasteiger partial charge in [-0.2, -0.15) is 31.9 Å². The lowest BCUT2D eigenvalue weighted by atomic mass is 9.90. The minimum absolute atomic E-state index is 0.0281. The summed E-state index contributed by atoms with van der Waals surface area (Å²) in [4.78, 5) is 12.0. The Kier molecular flexibility index (Phi) is 7.93. The lowest BCUT2D eigenvalue weighted by molar-refractivity contribution is -0.122. The molecule has 1 rings (SSSR count). The first kappa shape index (κ1) is 18.3. The van der Waals surface area contributed by atoms with Gasteiger partial charge in [0.2, 0.25) is 0 Å². The van der Waals surface area contributed by atoms with Gasteiger partial charge in [0.25, 0.3) is 10.1 Å². The monoisotopic (exact) mass is 340 g/mol. The van der Waals surface area contributed by atoms with Crippen molar-refractivity contribution in [3.05, 3.63) is 0 Å². The second kappa shape index (κ2) is 8.66. The molecule has 1 aliphatic heterocycles. The molecular formula is C13H24O4S3. The fourth-order valence-electron chi connectivity index (χ4n) is 2.22. The van der Waals surface area contributed by atoms with Gasteiger partial charge in [-0.25, -0.2) is 0 Å². The number of carbonyl (C=O) groups excluding carboxylic acids is 1. The molecular weight excluding hydrogens is 316 g/mol. The van der Waals surface area contributed by atoms with Crippen LogP contribution in [0.2, 0.25) is 0 Å². The highest BCUT2D eigenvalue weighted by Crippen LogP contribution is 2.34. The van der Waals surface area contributed by atoms with Crippen molar-refractivity contribution in [2.24, 2.45) is 11.8 Å². The summed E-state index contributed by atoms with van der Waals surface area (Å²) >= 11 is 3.80. The van der Waals surface area contributed by atoms with E-state index < -0.39 is 10.1 Å². The average Bonchev–Trinajstić information content (AvgIpc) is 2.37. The fraction of sp³-hybridized carbons (Fsp3) is 0.923. The van der Waals surface area contributed by atoms with Gasteiger partial charge in [0, 0.05) is 34.8 Å². The Morgan fingerprint density at radius 1 is 1.35 bits per heavy atom. The summed E-state index contributed by atoms with van der Waals surface area (Å²) in [6.45, 7) is 3.81. The van der Waals surface area contributed by atoms with Crippen LogP contribution in [-0.4, -0.2) is 47.0 Å². The lowest BCUT2D eigenvalue weighted by Gasteiger charge is -2.29. The van der Waals surface area contributed by atoms with Crippen molar-refractivity contribution in [1.82, 2.24) is 0 Å². The van der Waals surface area contributed by atoms with Gasteiger partial charge in [0.15, 0.2) is 0 Å².